The number of rotatable bonds is 5. The molecule has 1 saturated heterocycles. The van der Waals surface area contributed by atoms with Crippen LogP contribution in [0.4, 0.5) is 22.7 Å². The van der Waals surface area contributed by atoms with Gasteiger partial charge in [-0.15, -0.1) is 0 Å². The molecule has 2 aliphatic rings. The molecular weight excluding hydrogens is 418 g/mol. The van der Waals surface area contributed by atoms with Gasteiger partial charge in [-0.1, -0.05) is 12.1 Å². The maximum atomic E-state index is 13.1. The summed E-state index contributed by atoms with van der Waals surface area (Å²) in [5.41, 5.74) is 3.60. The molecule has 2 aromatic carbocycles. The second-order valence-corrected chi connectivity index (χ2v) is 8.40. The summed E-state index contributed by atoms with van der Waals surface area (Å²) in [7, 11) is 2.13. The Balaban J connectivity index is 1.34. The van der Waals surface area contributed by atoms with Crippen molar-refractivity contribution in [1.82, 2.24) is 9.88 Å². The Morgan fingerprint density at radius 3 is 2.58 bits per heavy atom. The van der Waals surface area contributed by atoms with Crippen molar-refractivity contribution in [2.45, 2.75) is 6.42 Å². The van der Waals surface area contributed by atoms with Crippen LogP contribution in [0.1, 0.15) is 15.9 Å². The molecule has 170 valence electrons. The number of piperazine rings is 1. The molecule has 8 heteroatoms. The third kappa shape index (κ3) is 4.42. The highest BCUT2D eigenvalue weighted by Crippen LogP contribution is 2.35. The predicted octanol–water partition coefficient (Wildman–Crippen LogP) is 3.06. The molecule has 0 unspecified atom stereocenters. The van der Waals surface area contributed by atoms with Crippen molar-refractivity contribution in [3.63, 3.8) is 0 Å². The van der Waals surface area contributed by atoms with Gasteiger partial charge in [0.15, 0.2) is 0 Å². The van der Waals surface area contributed by atoms with E-state index in [1.54, 1.807) is 6.07 Å². The number of hydrogen-bond donors (Lipinski definition) is 3. The largest absolute Gasteiger partial charge is 0.491 e. The van der Waals surface area contributed by atoms with Gasteiger partial charge in [-0.3, -0.25) is 9.59 Å². The Kier molecular flexibility index (Phi) is 5.75. The minimum Gasteiger partial charge on any atom is -0.491 e. The van der Waals surface area contributed by atoms with Gasteiger partial charge < -0.3 is 30.2 Å². The number of aromatic nitrogens is 1. The fourth-order valence-electron chi connectivity index (χ4n) is 4.28. The number of aromatic amines is 1. The van der Waals surface area contributed by atoms with Crippen molar-refractivity contribution >= 4 is 28.7 Å². The van der Waals surface area contributed by atoms with Crippen LogP contribution in [0.25, 0.3) is 0 Å². The molecule has 0 spiro atoms. The number of likely N-dealkylation sites (N-methyl/N-ethyl adjacent to an activating group) is 1. The van der Waals surface area contributed by atoms with Gasteiger partial charge in [-0.05, 0) is 49.0 Å². The molecule has 0 radical (unpaired) electrons. The molecule has 5 rings (SSSR count). The maximum Gasteiger partial charge on any atom is 0.263 e. The molecule has 0 atom stereocenters. The van der Waals surface area contributed by atoms with E-state index in [2.05, 4.69) is 32.5 Å². The van der Waals surface area contributed by atoms with Gasteiger partial charge in [0.25, 0.3) is 11.5 Å². The molecule has 1 amide bonds. The normalized spacial score (nSPS) is 15.6. The summed E-state index contributed by atoms with van der Waals surface area (Å²) in [6.07, 6.45) is 2.37. The lowest BCUT2D eigenvalue weighted by atomic mass is 10.1. The summed E-state index contributed by atoms with van der Waals surface area (Å²) in [5, 5.41) is 6.08. The lowest BCUT2D eigenvalue weighted by molar-refractivity contribution is 0.102. The van der Waals surface area contributed by atoms with Crippen LogP contribution in [-0.4, -0.2) is 55.6 Å². The standard InChI is InChI=1S/C25H27N5O3/c1-29-12-14-30(15-13-29)19-7-5-18(6-8-19)27-25(32)22-20(9-11-26-24(22)31)28-21-4-2-3-17-10-16-33-23(17)21/h2-9,11H,10,12-16H2,1H3,(H,27,32)(H2,26,28,31). The first-order chi connectivity index (χ1) is 16.1. The molecule has 0 bridgehead atoms. The van der Waals surface area contributed by atoms with Gasteiger partial charge in [-0.25, -0.2) is 0 Å². The van der Waals surface area contributed by atoms with E-state index in [0.29, 0.717) is 18.0 Å². The Bertz CT molecular complexity index is 1210. The number of nitrogens with one attached hydrogen (secondary N) is 3. The molecule has 0 aliphatic carbocycles. The number of para-hydroxylation sites is 1. The second kappa shape index (κ2) is 8.99. The molecule has 3 aromatic rings. The molecule has 1 aromatic heterocycles. The highest BCUT2D eigenvalue weighted by atomic mass is 16.5. The number of benzene rings is 2. The van der Waals surface area contributed by atoms with Gasteiger partial charge >= 0.3 is 0 Å². The summed E-state index contributed by atoms with van der Waals surface area (Å²) in [4.78, 5) is 32.9. The van der Waals surface area contributed by atoms with E-state index in [9.17, 15) is 9.59 Å². The number of pyridine rings is 1. The third-order valence-corrected chi connectivity index (χ3v) is 6.17. The summed E-state index contributed by atoms with van der Waals surface area (Å²) in [5.74, 6) is 0.295. The van der Waals surface area contributed by atoms with E-state index < -0.39 is 11.5 Å². The van der Waals surface area contributed by atoms with Crippen molar-refractivity contribution in [1.29, 1.82) is 0 Å². The first-order valence-corrected chi connectivity index (χ1v) is 11.2. The number of hydrogen-bond acceptors (Lipinski definition) is 6. The number of fused-ring (bicyclic) bond motifs is 1. The fourth-order valence-corrected chi connectivity index (χ4v) is 4.28. The van der Waals surface area contributed by atoms with Crippen LogP contribution in [0, 0.1) is 0 Å². The number of amides is 1. The van der Waals surface area contributed by atoms with Crippen molar-refractivity contribution in [2.24, 2.45) is 0 Å². The van der Waals surface area contributed by atoms with Gasteiger partial charge in [0.2, 0.25) is 0 Å². The first-order valence-electron chi connectivity index (χ1n) is 11.2. The second-order valence-electron chi connectivity index (χ2n) is 8.40. The number of nitrogens with zero attached hydrogens (tertiary/aromatic N) is 2. The number of carbonyl (C=O) groups is 1. The van der Waals surface area contributed by atoms with Gasteiger partial charge in [0.1, 0.15) is 11.3 Å². The van der Waals surface area contributed by atoms with Crippen molar-refractivity contribution in [3.8, 4) is 5.75 Å². The molecule has 3 N–H and O–H groups in total. The van der Waals surface area contributed by atoms with Gasteiger partial charge in [0, 0.05) is 50.2 Å². The molecule has 3 heterocycles. The molecule has 8 nitrogen and oxygen atoms in total. The van der Waals surface area contributed by atoms with Gasteiger partial charge in [0.05, 0.1) is 18.0 Å². The van der Waals surface area contributed by atoms with E-state index in [1.165, 1.54) is 6.20 Å². The highest BCUT2D eigenvalue weighted by molar-refractivity contribution is 6.08. The summed E-state index contributed by atoms with van der Waals surface area (Å²) >= 11 is 0. The van der Waals surface area contributed by atoms with E-state index in [1.807, 2.05) is 42.5 Å². The van der Waals surface area contributed by atoms with E-state index in [4.69, 9.17) is 4.74 Å². The Morgan fingerprint density at radius 1 is 1.00 bits per heavy atom. The van der Waals surface area contributed by atoms with Crippen LogP contribution in [0.3, 0.4) is 0 Å². The minimum atomic E-state index is -0.472. The topological polar surface area (TPSA) is 89.7 Å². The van der Waals surface area contributed by atoms with E-state index in [-0.39, 0.29) is 5.56 Å². The van der Waals surface area contributed by atoms with Crippen LogP contribution in [-0.2, 0) is 6.42 Å². The molecular formula is C25H27N5O3. The molecule has 1 fully saturated rings. The van der Waals surface area contributed by atoms with Crippen molar-refractivity contribution in [2.75, 3.05) is 55.4 Å². The zero-order valence-corrected chi connectivity index (χ0v) is 18.6. The van der Waals surface area contributed by atoms with Crippen LogP contribution in [0.5, 0.6) is 5.75 Å². The zero-order valence-electron chi connectivity index (χ0n) is 18.6. The van der Waals surface area contributed by atoms with Gasteiger partial charge in [-0.2, -0.15) is 0 Å². The predicted molar refractivity (Wildman–Crippen MR) is 130 cm³/mol. The summed E-state index contributed by atoms with van der Waals surface area (Å²) < 4.78 is 5.74. The first kappa shape index (κ1) is 21.1. The smallest absolute Gasteiger partial charge is 0.263 e. The number of ether oxygens (including phenoxy) is 1. The average molecular weight is 446 g/mol. The Hall–Kier alpha value is -3.78. The molecule has 2 aliphatic heterocycles. The number of H-pyrrole nitrogens is 1. The molecule has 0 saturated carbocycles. The van der Waals surface area contributed by atoms with Crippen LogP contribution < -0.4 is 25.8 Å². The van der Waals surface area contributed by atoms with Crippen molar-refractivity contribution in [3.05, 3.63) is 76.2 Å². The maximum absolute atomic E-state index is 13.1. The Labute approximate surface area is 192 Å². The fraction of sp³-hybridized carbons (Fsp3) is 0.280. The molecule has 33 heavy (non-hydrogen) atoms. The number of anilines is 4. The lowest BCUT2D eigenvalue weighted by Gasteiger charge is -2.34. The van der Waals surface area contributed by atoms with Crippen LogP contribution in [0.15, 0.2) is 59.5 Å². The lowest BCUT2D eigenvalue weighted by Crippen LogP contribution is -2.44. The van der Waals surface area contributed by atoms with Crippen molar-refractivity contribution < 1.29 is 9.53 Å². The van der Waals surface area contributed by atoms with Crippen LogP contribution >= 0.6 is 0 Å². The average Bonchev–Trinajstić information content (AvgIpc) is 3.30. The quantitative estimate of drug-likeness (QED) is 0.559. The Morgan fingerprint density at radius 2 is 1.79 bits per heavy atom. The van der Waals surface area contributed by atoms with E-state index >= 15 is 0 Å². The van der Waals surface area contributed by atoms with Crippen LogP contribution in [0.2, 0.25) is 0 Å². The SMILES string of the molecule is CN1CCN(c2ccc(NC(=O)c3c(Nc4cccc5c4OCC5)cc[nH]c3=O)cc2)CC1. The summed E-state index contributed by atoms with van der Waals surface area (Å²) in [6, 6.07) is 15.3. The minimum absolute atomic E-state index is 0.0243. The number of carbonyl (C=O) groups excluding carboxylic acids is 1. The highest BCUT2D eigenvalue weighted by Gasteiger charge is 2.21. The zero-order chi connectivity index (χ0) is 22.8. The third-order valence-electron chi connectivity index (χ3n) is 6.17. The van der Waals surface area contributed by atoms with E-state index in [0.717, 1.165) is 55.3 Å². The monoisotopic (exact) mass is 445 g/mol. The summed E-state index contributed by atoms with van der Waals surface area (Å²) in [6.45, 7) is 4.63.